The number of alkyl carbamates (subject to hydrolysis) is 1. The zero-order valence-electron chi connectivity index (χ0n) is 24.6. The first kappa shape index (κ1) is 32.6. The molecule has 1 fully saturated rings. The Labute approximate surface area is 233 Å². The molecule has 0 spiro atoms. The summed E-state index contributed by atoms with van der Waals surface area (Å²) < 4.78 is 19.3. The van der Waals surface area contributed by atoms with E-state index in [1.807, 2.05) is 12.1 Å². The number of nitrogens with one attached hydrogen (secondary N) is 1. The van der Waals surface area contributed by atoms with Crippen LogP contribution in [0.3, 0.4) is 0 Å². The first-order valence-corrected chi connectivity index (χ1v) is 15.8. The number of carbonyl (C=O) groups excluding carboxylic acids is 1. The zero-order chi connectivity index (χ0) is 27.1. The van der Waals surface area contributed by atoms with Crippen LogP contribution in [0.1, 0.15) is 116 Å². The molecule has 38 heavy (non-hydrogen) atoms. The first-order valence-electron chi connectivity index (χ1n) is 15.8. The van der Waals surface area contributed by atoms with Crippen molar-refractivity contribution < 1.29 is 23.6 Å². The lowest BCUT2D eigenvalue weighted by Gasteiger charge is -2.11. The van der Waals surface area contributed by atoms with Crippen molar-refractivity contribution in [3.05, 3.63) is 30.1 Å². The molecule has 0 aromatic carbocycles. The van der Waals surface area contributed by atoms with Gasteiger partial charge in [-0.05, 0) is 19.8 Å². The van der Waals surface area contributed by atoms with E-state index in [0.717, 1.165) is 39.0 Å². The second kappa shape index (κ2) is 22.2. The molecular formula is C32H57N2O4+. The lowest BCUT2D eigenvalue weighted by atomic mass is 10.0. The molecule has 1 saturated heterocycles. The Kier molecular flexibility index (Phi) is 19.0. The van der Waals surface area contributed by atoms with Gasteiger partial charge in [0.05, 0.1) is 19.3 Å². The van der Waals surface area contributed by atoms with Gasteiger partial charge in [-0.1, -0.05) is 96.5 Å². The Morgan fingerprint density at radius 1 is 0.921 bits per heavy atom. The van der Waals surface area contributed by atoms with Gasteiger partial charge in [0.2, 0.25) is 0 Å². The number of rotatable bonds is 23. The molecule has 6 nitrogen and oxygen atoms in total. The minimum atomic E-state index is -0.370. The van der Waals surface area contributed by atoms with E-state index in [2.05, 4.69) is 36.0 Å². The standard InChI is InChI=1S/C32H56N2O4/c1-3-5-6-7-8-9-10-11-12-13-14-15-16-19-24-36-26-29-25-31(37-27-29)28-38-32(35)33-22-21-30-20-17-18-23-34(30)4-2/h17-18,20,23,29,31H,3-16,19,21-22,24-28H2,1-2H3/p+1. The summed E-state index contributed by atoms with van der Waals surface area (Å²) in [5.74, 6) is 0.404. The van der Waals surface area contributed by atoms with Gasteiger partial charge in [0, 0.05) is 37.6 Å². The van der Waals surface area contributed by atoms with Crippen molar-refractivity contribution in [3.63, 3.8) is 0 Å². The molecule has 0 bridgehead atoms. The fourth-order valence-corrected chi connectivity index (χ4v) is 5.22. The van der Waals surface area contributed by atoms with E-state index in [1.54, 1.807) is 0 Å². The predicted octanol–water partition coefficient (Wildman–Crippen LogP) is 7.17. The SMILES string of the molecule is CCCCCCCCCCCCCCCCOCC1COC(COC(=O)NCCc2cccc[n+]2CC)C1. The highest BCUT2D eigenvalue weighted by Crippen LogP contribution is 2.20. The molecule has 6 heteroatoms. The summed E-state index contributed by atoms with van der Waals surface area (Å²) in [7, 11) is 0. The molecule has 1 aromatic rings. The van der Waals surface area contributed by atoms with E-state index in [0.29, 0.717) is 25.7 Å². The van der Waals surface area contributed by atoms with Gasteiger partial charge >= 0.3 is 6.09 Å². The maximum absolute atomic E-state index is 12.0. The fraction of sp³-hybridized carbons (Fsp3) is 0.812. The highest BCUT2D eigenvalue weighted by Gasteiger charge is 2.26. The maximum Gasteiger partial charge on any atom is 0.407 e. The van der Waals surface area contributed by atoms with Crippen LogP contribution in [0.4, 0.5) is 4.79 Å². The Hall–Kier alpha value is -1.66. The van der Waals surface area contributed by atoms with Gasteiger partial charge in [-0.3, -0.25) is 0 Å². The molecule has 2 rings (SSSR count). The molecule has 2 atom stereocenters. The van der Waals surface area contributed by atoms with Gasteiger partial charge < -0.3 is 19.5 Å². The predicted molar refractivity (Wildman–Crippen MR) is 154 cm³/mol. The topological polar surface area (TPSA) is 60.7 Å². The molecule has 0 saturated carbocycles. The largest absolute Gasteiger partial charge is 0.447 e. The third-order valence-electron chi connectivity index (χ3n) is 7.59. The number of amides is 1. The Morgan fingerprint density at radius 3 is 2.24 bits per heavy atom. The third kappa shape index (κ3) is 15.7. The van der Waals surface area contributed by atoms with Crippen molar-refractivity contribution in [1.29, 1.82) is 0 Å². The van der Waals surface area contributed by atoms with Crippen LogP contribution in [0.15, 0.2) is 24.4 Å². The molecule has 1 aliphatic rings. The quantitative estimate of drug-likeness (QED) is 0.120. The van der Waals surface area contributed by atoms with Crippen molar-refractivity contribution in [3.8, 4) is 0 Å². The second-order valence-corrected chi connectivity index (χ2v) is 11.0. The van der Waals surface area contributed by atoms with Crippen LogP contribution in [0.25, 0.3) is 0 Å². The number of hydrogen-bond acceptors (Lipinski definition) is 4. The minimum absolute atomic E-state index is 0.0215. The number of nitrogens with zero attached hydrogens (tertiary/aromatic N) is 1. The maximum atomic E-state index is 12.0. The van der Waals surface area contributed by atoms with Gasteiger partial charge in [-0.15, -0.1) is 0 Å². The average Bonchev–Trinajstić information content (AvgIpc) is 3.39. The minimum Gasteiger partial charge on any atom is -0.447 e. The van der Waals surface area contributed by atoms with Crippen molar-refractivity contribution in [2.24, 2.45) is 5.92 Å². The highest BCUT2D eigenvalue weighted by atomic mass is 16.6. The summed E-state index contributed by atoms with van der Waals surface area (Å²) in [6.07, 6.45) is 22.6. The van der Waals surface area contributed by atoms with Gasteiger partial charge in [-0.25, -0.2) is 9.36 Å². The van der Waals surface area contributed by atoms with Crippen LogP contribution in [-0.2, 0) is 27.2 Å². The molecule has 1 aliphatic heterocycles. The van der Waals surface area contributed by atoms with Crippen molar-refractivity contribution >= 4 is 6.09 Å². The van der Waals surface area contributed by atoms with Crippen LogP contribution in [0.5, 0.6) is 0 Å². The van der Waals surface area contributed by atoms with E-state index in [9.17, 15) is 4.79 Å². The van der Waals surface area contributed by atoms with Crippen molar-refractivity contribution in [2.75, 3.05) is 33.0 Å². The Bertz CT molecular complexity index is 714. The number of pyridine rings is 1. The summed E-state index contributed by atoms with van der Waals surface area (Å²) in [5, 5.41) is 2.85. The Balaban J connectivity index is 1.34. The van der Waals surface area contributed by atoms with Crippen LogP contribution >= 0.6 is 0 Å². The molecule has 2 unspecified atom stereocenters. The van der Waals surface area contributed by atoms with E-state index >= 15 is 0 Å². The first-order chi connectivity index (χ1) is 18.7. The molecule has 218 valence electrons. The second-order valence-electron chi connectivity index (χ2n) is 11.0. The fourth-order valence-electron chi connectivity index (χ4n) is 5.22. The Morgan fingerprint density at radius 2 is 1.58 bits per heavy atom. The van der Waals surface area contributed by atoms with Gasteiger partial charge in [0.1, 0.15) is 13.2 Å². The summed E-state index contributed by atoms with van der Waals surface area (Å²) in [6.45, 7) is 8.47. The molecule has 2 heterocycles. The number of hydrogen-bond donors (Lipinski definition) is 1. The van der Waals surface area contributed by atoms with E-state index in [1.165, 1.54) is 89.2 Å². The highest BCUT2D eigenvalue weighted by molar-refractivity contribution is 5.67. The summed E-state index contributed by atoms with van der Waals surface area (Å²) >= 11 is 0. The van der Waals surface area contributed by atoms with E-state index in [4.69, 9.17) is 14.2 Å². The van der Waals surface area contributed by atoms with Gasteiger partial charge in [-0.2, -0.15) is 0 Å². The normalized spacial score (nSPS) is 17.1. The smallest absolute Gasteiger partial charge is 0.407 e. The molecule has 0 aliphatic carbocycles. The van der Waals surface area contributed by atoms with Crippen LogP contribution in [0.2, 0.25) is 0 Å². The summed E-state index contributed by atoms with van der Waals surface area (Å²) in [4.78, 5) is 12.0. The zero-order valence-corrected chi connectivity index (χ0v) is 24.6. The molecule has 1 amide bonds. The molecular weight excluding hydrogens is 476 g/mol. The van der Waals surface area contributed by atoms with E-state index < -0.39 is 0 Å². The van der Waals surface area contributed by atoms with Gasteiger partial charge in [0.15, 0.2) is 11.9 Å². The molecule has 1 aromatic heterocycles. The van der Waals surface area contributed by atoms with Crippen LogP contribution < -0.4 is 9.88 Å². The third-order valence-corrected chi connectivity index (χ3v) is 7.59. The monoisotopic (exact) mass is 533 g/mol. The van der Waals surface area contributed by atoms with E-state index in [-0.39, 0.29) is 12.2 Å². The number of ether oxygens (including phenoxy) is 3. The number of unbranched alkanes of at least 4 members (excludes halogenated alkanes) is 13. The van der Waals surface area contributed by atoms with Crippen molar-refractivity contribution in [2.45, 2.75) is 129 Å². The average molecular weight is 534 g/mol. The number of aromatic nitrogens is 1. The molecule has 1 N–H and O–H groups in total. The number of aryl methyl sites for hydroxylation is 1. The lowest BCUT2D eigenvalue weighted by Crippen LogP contribution is -2.38. The van der Waals surface area contributed by atoms with Crippen molar-refractivity contribution in [1.82, 2.24) is 5.32 Å². The summed E-state index contributed by atoms with van der Waals surface area (Å²) in [6, 6.07) is 6.14. The number of carbonyl (C=O) groups is 1. The lowest BCUT2D eigenvalue weighted by molar-refractivity contribution is -0.700. The van der Waals surface area contributed by atoms with Gasteiger partial charge in [0.25, 0.3) is 0 Å². The van der Waals surface area contributed by atoms with Crippen LogP contribution in [-0.4, -0.2) is 45.2 Å². The van der Waals surface area contributed by atoms with Crippen LogP contribution in [0, 0.1) is 5.92 Å². The molecule has 0 radical (unpaired) electrons. The summed E-state index contributed by atoms with van der Waals surface area (Å²) in [5.41, 5.74) is 1.20.